The number of phenolic OH excluding ortho intramolecular Hbond substituents is 1. The van der Waals surface area contributed by atoms with Crippen LogP contribution in [0.5, 0.6) is 11.5 Å². The average Bonchev–Trinajstić information content (AvgIpc) is 3.00. The smallest absolute Gasteiger partial charge is 0.317 e. The average molecular weight is 304 g/mol. The van der Waals surface area contributed by atoms with E-state index < -0.39 is 0 Å². The van der Waals surface area contributed by atoms with Crippen molar-refractivity contribution in [3.05, 3.63) is 42.5 Å². The lowest BCUT2D eigenvalue weighted by atomic mass is 10.2. The number of phenols is 1. The summed E-state index contributed by atoms with van der Waals surface area (Å²) in [5.74, 6) is 0.477. The van der Waals surface area contributed by atoms with E-state index in [2.05, 4.69) is 10.3 Å². The van der Waals surface area contributed by atoms with E-state index in [0.717, 1.165) is 5.56 Å². The second kappa shape index (κ2) is 7.35. The number of imidazole rings is 1. The molecule has 2 amide bonds. The molecule has 1 aromatic carbocycles. The Morgan fingerprint density at radius 1 is 1.50 bits per heavy atom. The summed E-state index contributed by atoms with van der Waals surface area (Å²) in [5, 5.41) is 12.6. The van der Waals surface area contributed by atoms with Crippen molar-refractivity contribution < 1.29 is 14.6 Å². The van der Waals surface area contributed by atoms with Crippen LogP contribution in [0.15, 0.2) is 36.9 Å². The Morgan fingerprint density at radius 3 is 2.95 bits per heavy atom. The van der Waals surface area contributed by atoms with Gasteiger partial charge in [0, 0.05) is 39.1 Å². The third-order valence-corrected chi connectivity index (χ3v) is 3.22. The van der Waals surface area contributed by atoms with Gasteiger partial charge in [-0.3, -0.25) is 0 Å². The molecule has 2 aromatic rings. The maximum Gasteiger partial charge on any atom is 0.317 e. The van der Waals surface area contributed by atoms with E-state index in [1.165, 1.54) is 7.11 Å². The first kappa shape index (κ1) is 15.7. The highest BCUT2D eigenvalue weighted by atomic mass is 16.5. The molecule has 0 fully saturated rings. The van der Waals surface area contributed by atoms with Gasteiger partial charge in [0.25, 0.3) is 0 Å². The van der Waals surface area contributed by atoms with Crippen molar-refractivity contribution in [3.8, 4) is 11.5 Å². The van der Waals surface area contributed by atoms with Crippen molar-refractivity contribution in [3.63, 3.8) is 0 Å². The minimum atomic E-state index is -0.171. The fraction of sp³-hybridized carbons (Fsp3) is 0.333. The summed E-state index contributed by atoms with van der Waals surface area (Å²) in [6.07, 6.45) is 5.25. The molecule has 0 atom stereocenters. The van der Waals surface area contributed by atoms with Gasteiger partial charge in [-0.25, -0.2) is 9.78 Å². The number of urea groups is 1. The van der Waals surface area contributed by atoms with E-state index in [0.29, 0.717) is 25.4 Å². The number of aromatic hydroxyl groups is 1. The Morgan fingerprint density at radius 2 is 2.32 bits per heavy atom. The molecule has 118 valence electrons. The summed E-state index contributed by atoms with van der Waals surface area (Å²) in [7, 11) is 3.20. The molecule has 2 rings (SSSR count). The van der Waals surface area contributed by atoms with Gasteiger partial charge in [0.05, 0.1) is 13.4 Å². The van der Waals surface area contributed by atoms with Crippen molar-refractivity contribution in [2.24, 2.45) is 0 Å². The highest BCUT2D eigenvalue weighted by Crippen LogP contribution is 2.26. The number of nitrogens with one attached hydrogen (secondary N) is 1. The number of hydrogen-bond donors (Lipinski definition) is 2. The third kappa shape index (κ3) is 4.15. The van der Waals surface area contributed by atoms with Gasteiger partial charge in [-0.2, -0.15) is 0 Å². The molecular weight excluding hydrogens is 284 g/mol. The van der Waals surface area contributed by atoms with Crippen molar-refractivity contribution in [2.45, 2.75) is 13.1 Å². The summed E-state index contributed by atoms with van der Waals surface area (Å²) in [5.41, 5.74) is 0.825. The minimum Gasteiger partial charge on any atom is -0.504 e. The van der Waals surface area contributed by atoms with E-state index in [4.69, 9.17) is 4.74 Å². The predicted molar refractivity (Wildman–Crippen MR) is 81.8 cm³/mol. The zero-order valence-corrected chi connectivity index (χ0v) is 12.7. The van der Waals surface area contributed by atoms with Gasteiger partial charge >= 0.3 is 6.03 Å². The molecule has 7 heteroatoms. The van der Waals surface area contributed by atoms with Crippen LogP contribution in [-0.4, -0.2) is 46.3 Å². The summed E-state index contributed by atoms with van der Waals surface area (Å²) >= 11 is 0. The number of carbonyl (C=O) groups is 1. The molecule has 0 saturated carbocycles. The number of ether oxygens (including phenoxy) is 1. The standard InChI is InChI=1S/C15H20N4O3/c1-18(10-12-3-4-14(22-2)13(20)9-12)15(21)17-6-8-19-7-5-16-11-19/h3-5,7,9,11,20H,6,8,10H2,1-2H3,(H,17,21). The molecule has 0 saturated heterocycles. The Kier molecular flexibility index (Phi) is 5.24. The first-order valence-corrected chi connectivity index (χ1v) is 6.90. The van der Waals surface area contributed by atoms with Gasteiger partial charge in [0.1, 0.15) is 0 Å². The number of hydrogen-bond acceptors (Lipinski definition) is 4. The molecule has 7 nitrogen and oxygen atoms in total. The SMILES string of the molecule is COc1ccc(CN(C)C(=O)NCCn2ccnc2)cc1O. The van der Waals surface area contributed by atoms with E-state index in [-0.39, 0.29) is 11.8 Å². The minimum absolute atomic E-state index is 0.0638. The highest BCUT2D eigenvalue weighted by Gasteiger charge is 2.10. The normalized spacial score (nSPS) is 10.3. The number of benzene rings is 1. The van der Waals surface area contributed by atoms with E-state index >= 15 is 0 Å². The van der Waals surface area contributed by atoms with Crippen molar-refractivity contribution >= 4 is 6.03 Å². The van der Waals surface area contributed by atoms with Crippen LogP contribution in [-0.2, 0) is 13.1 Å². The molecule has 22 heavy (non-hydrogen) atoms. The van der Waals surface area contributed by atoms with Crippen LogP contribution < -0.4 is 10.1 Å². The molecule has 0 spiro atoms. The molecule has 0 unspecified atom stereocenters. The lowest BCUT2D eigenvalue weighted by molar-refractivity contribution is 0.206. The van der Waals surface area contributed by atoms with Gasteiger partial charge in [-0.15, -0.1) is 0 Å². The zero-order chi connectivity index (χ0) is 15.9. The van der Waals surface area contributed by atoms with Crippen LogP contribution in [0.2, 0.25) is 0 Å². The van der Waals surface area contributed by atoms with E-state index in [9.17, 15) is 9.90 Å². The molecule has 1 heterocycles. The van der Waals surface area contributed by atoms with E-state index in [1.807, 2.05) is 16.8 Å². The Bertz CT molecular complexity index is 613. The zero-order valence-electron chi connectivity index (χ0n) is 12.7. The quantitative estimate of drug-likeness (QED) is 0.846. The van der Waals surface area contributed by atoms with Crippen LogP contribution in [0, 0.1) is 0 Å². The lowest BCUT2D eigenvalue weighted by Crippen LogP contribution is -2.38. The highest BCUT2D eigenvalue weighted by molar-refractivity contribution is 5.73. The molecule has 2 N–H and O–H groups in total. The predicted octanol–water partition coefficient (Wildman–Crippen LogP) is 1.44. The Balaban J connectivity index is 1.81. The third-order valence-electron chi connectivity index (χ3n) is 3.22. The Labute approximate surface area is 129 Å². The fourth-order valence-electron chi connectivity index (χ4n) is 2.03. The molecule has 0 radical (unpaired) electrons. The fourth-order valence-corrected chi connectivity index (χ4v) is 2.03. The first-order valence-electron chi connectivity index (χ1n) is 6.90. The van der Waals surface area contributed by atoms with Gasteiger partial charge in [-0.1, -0.05) is 6.07 Å². The topological polar surface area (TPSA) is 79.6 Å². The molecule has 0 aliphatic rings. The number of nitrogens with zero attached hydrogens (tertiary/aromatic N) is 3. The first-order chi connectivity index (χ1) is 10.6. The summed E-state index contributed by atoms with van der Waals surface area (Å²) in [4.78, 5) is 17.5. The summed E-state index contributed by atoms with van der Waals surface area (Å²) in [6, 6.07) is 4.91. The monoisotopic (exact) mass is 304 g/mol. The number of carbonyl (C=O) groups excluding carboxylic acids is 1. The molecule has 0 aliphatic heterocycles. The second-order valence-electron chi connectivity index (χ2n) is 4.89. The number of aromatic nitrogens is 2. The maximum absolute atomic E-state index is 12.0. The van der Waals surface area contributed by atoms with Gasteiger partial charge in [-0.05, 0) is 17.7 Å². The van der Waals surface area contributed by atoms with Crippen LogP contribution in [0.25, 0.3) is 0 Å². The molecule has 0 aliphatic carbocycles. The Hall–Kier alpha value is -2.70. The lowest BCUT2D eigenvalue weighted by Gasteiger charge is -2.18. The van der Waals surface area contributed by atoms with Crippen molar-refractivity contribution in [1.82, 2.24) is 19.8 Å². The summed E-state index contributed by atoms with van der Waals surface area (Å²) < 4.78 is 6.88. The van der Waals surface area contributed by atoms with E-state index in [1.54, 1.807) is 36.6 Å². The van der Waals surface area contributed by atoms with Crippen LogP contribution in [0.1, 0.15) is 5.56 Å². The summed E-state index contributed by atoms with van der Waals surface area (Å²) in [6.45, 7) is 1.59. The molecule has 0 bridgehead atoms. The van der Waals surface area contributed by atoms with Gasteiger partial charge in [0.2, 0.25) is 0 Å². The maximum atomic E-state index is 12.0. The number of rotatable bonds is 6. The second-order valence-corrected chi connectivity index (χ2v) is 4.89. The van der Waals surface area contributed by atoms with Crippen LogP contribution in [0.4, 0.5) is 4.79 Å². The van der Waals surface area contributed by atoms with Gasteiger partial charge in [0.15, 0.2) is 11.5 Å². The van der Waals surface area contributed by atoms with Crippen molar-refractivity contribution in [2.75, 3.05) is 20.7 Å². The largest absolute Gasteiger partial charge is 0.504 e. The van der Waals surface area contributed by atoms with Crippen molar-refractivity contribution in [1.29, 1.82) is 0 Å². The molecular formula is C15H20N4O3. The number of amides is 2. The van der Waals surface area contributed by atoms with Gasteiger partial charge < -0.3 is 24.6 Å². The van der Waals surface area contributed by atoms with Crippen LogP contribution in [0.3, 0.4) is 0 Å². The number of methoxy groups -OCH3 is 1. The van der Waals surface area contributed by atoms with Crippen LogP contribution >= 0.6 is 0 Å². The molecule has 1 aromatic heterocycles.